The number of nitrogens with zero attached hydrogens (tertiary/aromatic N) is 2. The third-order valence-electron chi connectivity index (χ3n) is 4.62. The Balaban J connectivity index is 1.48. The van der Waals surface area contributed by atoms with Crippen molar-refractivity contribution in [1.82, 2.24) is 15.1 Å². The van der Waals surface area contributed by atoms with E-state index in [2.05, 4.69) is 5.32 Å². The predicted octanol–water partition coefficient (Wildman–Crippen LogP) is 0.510. The molecule has 2 amide bonds. The molecule has 0 spiro atoms. The molecule has 2 heterocycles. The molecule has 0 aromatic heterocycles. The highest BCUT2D eigenvalue weighted by atomic mass is 32.2. The number of piperazine rings is 1. The summed E-state index contributed by atoms with van der Waals surface area (Å²) < 4.78 is 0. The van der Waals surface area contributed by atoms with Gasteiger partial charge in [-0.15, -0.1) is 11.8 Å². The second kappa shape index (κ2) is 6.35. The number of thioether (sulfide) groups is 1. The summed E-state index contributed by atoms with van der Waals surface area (Å²) in [5.74, 6) is 2.54. The molecule has 0 bridgehead atoms. The van der Waals surface area contributed by atoms with Gasteiger partial charge < -0.3 is 9.80 Å². The van der Waals surface area contributed by atoms with E-state index in [-0.39, 0.29) is 17.9 Å². The van der Waals surface area contributed by atoms with Crippen molar-refractivity contribution in [3.05, 3.63) is 0 Å². The van der Waals surface area contributed by atoms with E-state index in [4.69, 9.17) is 0 Å². The summed E-state index contributed by atoms with van der Waals surface area (Å²) in [5.41, 5.74) is 0. The fraction of sp³-hybridized carbons (Fsp3) is 0.857. The van der Waals surface area contributed by atoms with Crippen LogP contribution in [0.4, 0.5) is 0 Å². The second-order valence-corrected chi connectivity index (χ2v) is 6.93. The molecule has 1 N–H and O–H groups in total. The summed E-state index contributed by atoms with van der Waals surface area (Å²) >= 11 is 1.77. The summed E-state index contributed by atoms with van der Waals surface area (Å²) in [6, 6.07) is -0.0166. The summed E-state index contributed by atoms with van der Waals surface area (Å²) in [7, 11) is 0. The number of nitrogens with one attached hydrogen (secondary N) is 1. The Labute approximate surface area is 124 Å². The first-order valence-electron chi connectivity index (χ1n) is 7.64. The molecule has 1 aliphatic carbocycles. The van der Waals surface area contributed by atoms with E-state index in [1.54, 1.807) is 11.8 Å². The molecule has 6 heteroatoms. The molecule has 0 aromatic rings. The standard InChI is InChI=1S/C14H23N3O2S/c18-13(11-3-1-2-4-11)16-5-7-17(8-6-16)14(19)12-9-20-10-15-12/h11-12,15H,1-10H2. The lowest BCUT2D eigenvalue weighted by Gasteiger charge is -2.37. The molecule has 2 saturated heterocycles. The highest BCUT2D eigenvalue weighted by Crippen LogP contribution is 2.27. The van der Waals surface area contributed by atoms with Gasteiger partial charge in [0.15, 0.2) is 0 Å². The smallest absolute Gasteiger partial charge is 0.240 e. The van der Waals surface area contributed by atoms with Crippen LogP contribution >= 0.6 is 11.8 Å². The van der Waals surface area contributed by atoms with Crippen molar-refractivity contribution in [1.29, 1.82) is 0 Å². The monoisotopic (exact) mass is 297 g/mol. The summed E-state index contributed by atoms with van der Waals surface area (Å²) in [6.45, 7) is 2.81. The van der Waals surface area contributed by atoms with Crippen molar-refractivity contribution in [2.45, 2.75) is 31.7 Å². The summed E-state index contributed by atoms with van der Waals surface area (Å²) in [4.78, 5) is 28.5. The van der Waals surface area contributed by atoms with Crippen LogP contribution in [0.1, 0.15) is 25.7 Å². The molecule has 5 nitrogen and oxygen atoms in total. The molecule has 3 rings (SSSR count). The minimum atomic E-state index is -0.0166. The van der Waals surface area contributed by atoms with Gasteiger partial charge in [-0.2, -0.15) is 0 Å². The van der Waals surface area contributed by atoms with Gasteiger partial charge in [0, 0.05) is 43.7 Å². The molecule has 1 atom stereocenters. The van der Waals surface area contributed by atoms with Crippen molar-refractivity contribution in [3.63, 3.8) is 0 Å². The van der Waals surface area contributed by atoms with Crippen LogP contribution in [-0.2, 0) is 9.59 Å². The van der Waals surface area contributed by atoms with Gasteiger partial charge in [-0.1, -0.05) is 12.8 Å². The largest absolute Gasteiger partial charge is 0.339 e. The van der Waals surface area contributed by atoms with Crippen LogP contribution in [0, 0.1) is 5.92 Å². The van der Waals surface area contributed by atoms with Crippen molar-refractivity contribution in [2.24, 2.45) is 5.92 Å². The maximum atomic E-state index is 12.3. The van der Waals surface area contributed by atoms with Gasteiger partial charge in [-0.05, 0) is 12.8 Å². The molecule has 3 fully saturated rings. The van der Waals surface area contributed by atoms with E-state index in [1.165, 1.54) is 12.8 Å². The molecule has 0 radical (unpaired) electrons. The SMILES string of the molecule is O=C(C1CCCC1)N1CCN(C(=O)C2CSCN2)CC1. The molecule has 0 aromatic carbocycles. The fourth-order valence-corrected chi connectivity index (χ4v) is 4.29. The minimum Gasteiger partial charge on any atom is -0.339 e. The van der Waals surface area contributed by atoms with Crippen LogP contribution in [-0.4, -0.2) is 65.5 Å². The second-order valence-electron chi connectivity index (χ2n) is 5.90. The van der Waals surface area contributed by atoms with Crippen LogP contribution in [0.2, 0.25) is 0 Å². The number of amides is 2. The Bertz CT molecular complexity index is 335. The van der Waals surface area contributed by atoms with Crippen LogP contribution in [0.3, 0.4) is 0 Å². The first-order chi connectivity index (χ1) is 9.75. The van der Waals surface area contributed by atoms with Crippen LogP contribution < -0.4 is 5.32 Å². The van der Waals surface area contributed by atoms with Gasteiger partial charge in [-0.25, -0.2) is 0 Å². The zero-order valence-corrected chi connectivity index (χ0v) is 12.7. The number of hydrogen-bond donors (Lipinski definition) is 1. The summed E-state index contributed by atoms with van der Waals surface area (Å²) in [6.07, 6.45) is 4.50. The lowest BCUT2D eigenvalue weighted by atomic mass is 10.1. The molecule has 1 unspecified atom stereocenters. The lowest BCUT2D eigenvalue weighted by molar-refractivity contribution is -0.142. The van der Waals surface area contributed by atoms with Crippen molar-refractivity contribution < 1.29 is 9.59 Å². The van der Waals surface area contributed by atoms with Crippen molar-refractivity contribution in [2.75, 3.05) is 37.8 Å². The molecule has 3 aliphatic rings. The first-order valence-corrected chi connectivity index (χ1v) is 8.80. The van der Waals surface area contributed by atoms with E-state index in [0.29, 0.717) is 32.1 Å². The molecule has 112 valence electrons. The average molecular weight is 297 g/mol. The minimum absolute atomic E-state index is 0.0166. The molecular weight excluding hydrogens is 274 g/mol. The fourth-order valence-electron chi connectivity index (χ4n) is 3.35. The van der Waals surface area contributed by atoms with Gasteiger partial charge in [0.2, 0.25) is 11.8 Å². The quantitative estimate of drug-likeness (QED) is 0.807. The van der Waals surface area contributed by atoms with Gasteiger partial charge in [0.25, 0.3) is 0 Å². The number of carbonyl (C=O) groups is 2. The highest BCUT2D eigenvalue weighted by molar-refractivity contribution is 7.99. The summed E-state index contributed by atoms with van der Waals surface area (Å²) in [5, 5.41) is 3.22. The topological polar surface area (TPSA) is 52.7 Å². The Morgan fingerprint density at radius 1 is 0.950 bits per heavy atom. The number of rotatable bonds is 2. The van der Waals surface area contributed by atoms with Crippen LogP contribution in [0.15, 0.2) is 0 Å². The zero-order valence-electron chi connectivity index (χ0n) is 11.8. The highest BCUT2D eigenvalue weighted by Gasteiger charge is 2.33. The Kier molecular flexibility index (Phi) is 4.51. The molecule has 2 aliphatic heterocycles. The third kappa shape index (κ3) is 2.96. The van der Waals surface area contributed by atoms with Crippen LogP contribution in [0.5, 0.6) is 0 Å². The van der Waals surface area contributed by atoms with Gasteiger partial charge >= 0.3 is 0 Å². The van der Waals surface area contributed by atoms with Crippen molar-refractivity contribution >= 4 is 23.6 Å². The third-order valence-corrected chi connectivity index (χ3v) is 5.56. The molecule has 20 heavy (non-hydrogen) atoms. The van der Waals surface area contributed by atoms with Gasteiger partial charge in [0.05, 0.1) is 6.04 Å². The zero-order chi connectivity index (χ0) is 13.9. The van der Waals surface area contributed by atoms with Gasteiger partial charge in [-0.3, -0.25) is 14.9 Å². The van der Waals surface area contributed by atoms with E-state index in [1.807, 2.05) is 9.80 Å². The van der Waals surface area contributed by atoms with Crippen molar-refractivity contribution in [3.8, 4) is 0 Å². The molecular formula is C14H23N3O2S. The van der Waals surface area contributed by atoms with E-state index >= 15 is 0 Å². The van der Waals surface area contributed by atoms with E-state index in [9.17, 15) is 9.59 Å². The lowest BCUT2D eigenvalue weighted by Crippen LogP contribution is -2.55. The predicted molar refractivity (Wildman–Crippen MR) is 79.4 cm³/mol. The Morgan fingerprint density at radius 2 is 1.55 bits per heavy atom. The Morgan fingerprint density at radius 3 is 2.10 bits per heavy atom. The maximum Gasteiger partial charge on any atom is 0.240 e. The maximum absolute atomic E-state index is 12.3. The number of carbonyl (C=O) groups excluding carboxylic acids is 2. The van der Waals surface area contributed by atoms with E-state index < -0.39 is 0 Å². The average Bonchev–Trinajstić information content (AvgIpc) is 3.18. The molecule has 1 saturated carbocycles. The van der Waals surface area contributed by atoms with Crippen LogP contribution in [0.25, 0.3) is 0 Å². The normalized spacial score (nSPS) is 28.1. The van der Waals surface area contributed by atoms with E-state index in [0.717, 1.165) is 24.5 Å². The Hall–Kier alpha value is -0.750. The number of hydrogen-bond acceptors (Lipinski definition) is 4. The van der Waals surface area contributed by atoms with Gasteiger partial charge in [0.1, 0.15) is 0 Å². The first kappa shape index (κ1) is 14.2.